The van der Waals surface area contributed by atoms with Gasteiger partial charge in [0.25, 0.3) is 10.0 Å². The number of nitrogens with one attached hydrogen (secondary N) is 1. The number of nitrogens with zero attached hydrogens (tertiary/aromatic N) is 5. The fraction of sp³-hybridized carbons (Fsp3) is 0.500. The number of benzene rings is 1. The Bertz CT molecular complexity index is 1420. The molecule has 202 valence electrons. The Hall–Kier alpha value is -2.52. The molecule has 1 aliphatic rings. The number of imidazole rings is 1. The number of hydrogen-bond acceptors (Lipinski definition) is 8. The molecule has 0 amide bonds. The number of rotatable bonds is 7. The Labute approximate surface area is 216 Å². The van der Waals surface area contributed by atoms with Gasteiger partial charge in [0.1, 0.15) is 17.4 Å². The van der Waals surface area contributed by atoms with Crippen molar-refractivity contribution in [3.63, 3.8) is 0 Å². The standard InChI is InChI=1S/C22H26ClF3N6O4S/c1-10(2)32-16-7-12(6-14(24)19(16)29-20(32)11(3)33)18-13(23)8-27-22(30-18)28-15-4-5-31(9-17(15)34)37(35,36)21(25)26/h6-8,10-11,15,17,21,33-34H,4-5,9H2,1-3H3,(H,27,28,30)/t11?,15-,17-/m1/s1. The maximum absolute atomic E-state index is 15.1. The van der Waals surface area contributed by atoms with Crippen LogP contribution < -0.4 is 5.32 Å². The first kappa shape index (κ1) is 27.5. The zero-order valence-electron chi connectivity index (χ0n) is 20.1. The minimum Gasteiger partial charge on any atom is -0.390 e. The van der Waals surface area contributed by atoms with E-state index >= 15 is 4.39 Å². The lowest BCUT2D eigenvalue weighted by molar-refractivity contribution is 0.0904. The third-order valence-electron chi connectivity index (χ3n) is 6.13. The number of alkyl halides is 2. The van der Waals surface area contributed by atoms with Crippen molar-refractivity contribution in [2.45, 2.75) is 57.2 Å². The van der Waals surface area contributed by atoms with Gasteiger partial charge in [-0.2, -0.15) is 13.1 Å². The molecule has 3 atom stereocenters. The number of piperidine rings is 1. The van der Waals surface area contributed by atoms with Crippen molar-refractivity contribution in [1.29, 1.82) is 0 Å². The molecule has 4 rings (SSSR count). The molecule has 0 bridgehead atoms. The fourth-order valence-corrected chi connectivity index (χ4v) is 5.51. The summed E-state index contributed by atoms with van der Waals surface area (Å²) >= 11 is 6.33. The molecule has 1 saturated heterocycles. The van der Waals surface area contributed by atoms with Gasteiger partial charge in [0.2, 0.25) is 5.95 Å². The Balaban J connectivity index is 1.65. The molecule has 0 radical (unpaired) electrons. The first-order valence-corrected chi connectivity index (χ1v) is 13.3. The first-order chi connectivity index (χ1) is 17.3. The van der Waals surface area contributed by atoms with E-state index in [1.54, 1.807) is 17.6 Å². The van der Waals surface area contributed by atoms with E-state index in [2.05, 4.69) is 20.3 Å². The third-order valence-corrected chi connectivity index (χ3v) is 7.91. The summed E-state index contributed by atoms with van der Waals surface area (Å²) in [6.45, 7) is 4.55. The molecule has 1 aromatic carbocycles. The van der Waals surface area contributed by atoms with E-state index in [9.17, 15) is 27.4 Å². The van der Waals surface area contributed by atoms with Crippen molar-refractivity contribution in [3.8, 4) is 11.3 Å². The second-order valence-electron chi connectivity index (χ2n) is 9.10. The predicted molar refractivity (Wildman–Crippen MR) is 131 cm³/mol. The van der Waals surface area contributed by atoms with Crippen LogP contribution in [0.1, 0.15) is 45.2 Å². The van der Waals surface area contributed by atoms with Crippen molar-refractivity contribution in [1.82, 2.24) is 23.8 Å². The molecule has 0 saturated carbocycles. The summed E-state index contributed by atoms with van der Waals surface area (Å²) < 4.78 is 66.5. The van der Waals surface area contributed by atoms with Crippen LogP contribution in [0.5, 0.6) is 0 Å². The molecule has 3 aromatic rings. The van der Waals surface area contributed by atoms with E-state index in [0.29, 0.717) is 21.2 Å². The van der Waals surface area contributed by atoms with E-state index in [0.717, 1.165) is 0 Å². The van der Waals surface area contributed by atoms with Gasteiger partial charge in [-0.15, -0.1) is 0 Å². The first-order valence-electron chi connectivity index (χ1n) is 11.4. The lowest BCUT2D eigenvalue weighted by Crippen LogP contribution is -2.52. The van der Waals surface area contributed by atoms with Gasteiger partial charge in [0, 0.05) is 24.7 Å². The second kappa shape index (κ2) is 10.3. The van der Waals surface area contributed by atoms with Crippen LogP contribution in [0, 0.1) is 5.82 Å². The van der Waals surface area contributed by atoms with E-state index in [4.69, 9.17) is 11.6 Å². The number of halogens is 4. The van der Waals surface area contributed by atoms with Crippen molar-refractivity contribution in [2.24, 2.45) is 0 Å². The third kappa shape index (κ3) is 5.25. The van der Waals surface area contributed by atoms with Crippen LogP contribution >= 0.6 is 11.6 Å². The van der Waals surface area contributed by atoms with Gasteiger partial charge in [0.15, 0.2) is 5.82 Å². The smallest absolute Gasteiger partial charge is 0.350 e. The largest absolute Gasteiger partial charge is 0.390 e. The summed E-state index contributed by atoms with van der Waals surface area (Å²) in [6, 6.07) is 2.00. The molecule has 2 aromatic heterocycles. The lowest BCUT2D eigenvalue weighted by Gasteiger charge is -2.35. The Morgan fingerprint density at radius 3 is 2.51 bits per heavy atom. The average Bonchev–Trinajstić information content (AvgIpc) is 3.22. The zero-order valence-corrected chi connectivity index (χ0v) is 21.7. The van der Waals surface area contributed by atoms with Gasteiger partial charge in [-0.05, 0) is 39.3 Å². The van der Waals surface area contributed by atoms with E-state index in [1.165, 1.54) is 12.3 Å². The van der Waals surface area contributed by atoms with Crippen LogP contribution in [-0.2, 0) is 10.0 Å². The normalized spacial score (nSPS) is 20.2. The molecule has 37 heavy (non-hydrogen) atoms. The number of anilines is 1. The van der Waals surface area contributed by atoms with Crippen molar-refractivity contribution >= 4 is 38.6 Å². The van der Waals surface area contributed by atoms with Crippen LogP contribution in [0.4, 0.5) is 19.1 Å². The number of aliphatic hydroxyl groups excluding tert-OH is 2. The van der Waals surface area contributed by atoms with Gasteiger partial charge in [-0.3, -0.25) is 0 Å². The lowest BCUT2D eigenvalue weighted by atomic mass is 10.0. The summed E-state index contributed by atoms with van der Waals surface area (Å²) in [5.41, 5.74) is 1.03. The monoisotopic (exact) mass is 562 g/mol. The number of hydrogen-bond donors (Lipinski definition) is 3. The SMILES string of the molecule is CC(O)c1nc2c(F)cc(-c3nc(N[C@@H]4CCN(S(=O)(=O)C(F)F)C[C@H]4O)ncc3Cl)cc2n1C(C)C. The maximum atomic E-state index is 15.1. The summed E-state index contributed by atoms with van der Waals surface area (Å²) in [6.07, 6.45) is -0.925. The fourth-order valence-electron chi connectivity index (χ4n) is 4.36. The van der Waals surface area contributed by atoms with Crippen LogP contribution in [-0.4, -0.2) is 73.4 Å². The highest BCUT2D eigenvalue weighted by Crippen LogP contribution is 2.34. The number of fused-ring (bicyclic) bond motifs is 1. The highest BCUT2D eigenvalue weighted by atomic mass is 35.5. The average molecular weight is 563 g/mol. The van der Waals surface area contributed by atoms with Gasteiger partial charge in [0.05, 0.1) is 34.6 Å². The Morgan fingerprint density at radius 1 is 1.22 bits per heavy atom. The summed E-state index contributed by atoms with van der Waals surface area (Å²) in [5, 5.41) is 23.5. The molecule has 1 aliphatic heterocycles. The maximum Gasteiger partial charge on any atom is 0.350 e. The van der Waals surface area contributed by atoms with E-state index in [-0.39, 0.29) is 41.2 Å². The minimum absolute atomic E-state index is 0.0186. The number of aromatic nitrogens is 4. The van der Waals surface area contributed by atoms with Crippen LogP contribution in [0.15, 0.2) is 18.3 Å². The molecule has 1 unspecified atom stereocenters. The highest BCUT2D eigenvalue weighted by molar-refractivity contribution is 7.89. The molecule has 0 aliphatic carbocycles. The Morgan fingerprint density at radius 2 is 1.92 bits per heavy atom. The van der Waals surface area contributed by atoms with E-state index in [1.807, 2.05) is 13.8 Å². The topological polar surface area (TPSA) is 133 Å². The van der Waals surface area contributed by atoms with Crippen LogP contribution in [0.3, 0.4) is 0 Å². The molecular weight excluding hydrogens is 537 g/mol. The summed E-state index contributed by atoms with van der Waals surface area (Å²) in [5.74, 6) is -3.88. The number of aliphatic hydroxyl groups is 2. The predicted octanol–water partition coefficient (Wildman–Crippen LogP) is 3.32. The molecule has 3 heterocycles. The quantitative estimate of drug-likeness (QED) is 0.399. The molecule has 0 spiro atoms. The van der Waals surface area contributed by atoms with Crippen LogP contribution in [0.2, 0.25) is 5.02 Å². The molecule has 3 N–H and O–H groups in total. The van der Waals surface area contributed by atoms with Crippen molar-refractivity contribution in [3.05, 3.63) is 35.0 Å². The minimum atomic E-state index is -4.81. The molecular formula is C22H26ClF3N6O4S. The summed E-state index contributed by atoms with van der Waals surface area (Å²) in [7, 11) is -4.81. The molecule has 15 heteroatoms. The van der Waals surface area contributed by atoms with Gasteiger partial charge in [-0.25, -0.2) is 27.8 Å². The highest BCUT2D eigenvalue weighted by Gasteiger charge is 2.38. The van der Waals surface area contributed by atoms with E-state index < -0.39 is 46.4 Å². The van der Waals surface area contributed by atoms with Crippen LogP contribution in [0.25, 0.3) is 22.3 Å². The Kier molecular flexibility index (Phi) is 7.68. The summed E-state index contributed by atoms with van der Waals surface area (Å²) in [4.78, 5) is 12.7. The zero-order chi connectivity index (χ0) is 27.2. The molecule has 1 fully saturated rings. The number of sulfonamides is 1. The second-order valence-corrected chi connectivity index (χ2v) is 11.4. The van der Waals surface area contributed by atoms with Gasteiger partial charge >= 0.3 is 5.76 Å². The number of β-amino-alcohol motifs (C(OH)–C–C–N with tert-alkyl or cyclic N) is 1. The van der Waals surface area contributed by atoms with Crippen molar-refractivity contribution in [2.75, 3.05) is 18.4 Å². The van der Waals surface area contributed by atoms with Gasteiger partial charge < -0.3 is 20.1 Å². The molecule has 10 nitrogen and oxygen atoms in total. The van der Waals surface area contributed by atoms with Crippen molar-refractivity contribution < 1.29 is 31.8 Å². The van der Waals surface area contributed by atoms with Gasteiger partial charge in [-0.1, -0.05) is 11.6 Å².